The number of rotatable bonds is 4. The fraction of sp³-hybridized carbons (Fsp3) is 0.647. The number of nitrogens with zero attached hydrogens (tertiary/aromatic N) is 1. The van der Waals surface area contributed by atoms with E-state index < -0.39 is 0 Å². The lowest BCUT2D eigenvalue weighted by atomic mass is 9.90. The lowest BCUT2D eigenvalue weighted by molar-refractivity contribution is 0.278. The minimum absolute atomic E-state index is 0.850. The second-order valence-corrected chi connectivity index (χ2v) is 6.37. The molecule has 1 unspecified atom stereocenters. The van der Waals surface area contributed by atoms with E-state index in [2.05, 4.69) is 35.5 Å². The highest BCUT2D eigenvalue weighted by Crippen LogP contribution is 2.23. The van der Waals surface area contributed by atoms with E-state index in [0.717, 1.165) is 12.5 Å². The second-order valence-electron chi connectivity index (χ2n) is 6.37. The molecule has 2 nitrogen and oxygen atoms in total. The van der Waals surface area contributed by atoms with Crippen LogP contribution in [0.3, 0.4) is 0 Å². The van der Waals surface area contributed by atoms with Gasteiger partial charge < -0.3 is 10.2 Å². The summed E-state index contributed by atoms with van der Waals surface area (Å²) in [5, 5.41) is 3.46. The maximum Gasteiger partial charge on any atom is 0.0230 e. The molecule has 1 aromatic carbocycles. The van der Waals surface area contributed by atoms with Gasteiger partial charge in [0.05, 0.1) is 0 Å². The number of aryl methyl sites for hydroxylation is 2. The molecule has 1 N–H and O–H groups in total. The smallest absolute Gasteiger partial charge is 0.0230 e. The molecule has 1 aliphatic heterocycles. The van der Waals surface area contributed by atoms with Gasteiger partial charge in [0.15, 0.2) is 0 Å². The molecule has 1 saturated heterocycles. The van der Waals surface area contributed by atoms with Gasteiger partial charge in [-0.05, 0) is 74.8 Å². The molecule has 0 bridgehead atoms. The fourth-order valence-electron chi connectivity index (χ4n) is 3.57. The maximum atomic E-state index is 3.46. The molecular formula is C17H26N2. The van der Waals surface area contributed by atoms with Crippen LogP contribution in [0.15, 0.2) is 18.2 Å². The SMILES string of the molecule is CN(Cc1ccc2c(c1)CCCC2)CC1CCNC1. The van der Waals surface area contributed by atoms with Crippen molar-refractivity contribution in [1.82, 2.24) is 10.2 Å². The number of hydrogen-bond acceptors (Lipinski definition) is 2. The topological polar surface area (TPSA) is 15.3 Å². The Balaban J connectivity index is 1.59. The molecule has 0 saturated carbocycles. The largest absolute Gasteiger partial charge is 0.316 e. The normalized spacial score (nSPS) is 22.7. The first kappa shape index (κ1) is 13.1. The van der Waals surface area contributed by atoms with E-state index in [0.29, 0.717) is 0 Å². The summed E-state index contributed by atoms with van der Waals surface area (Å²) in [7, 11) is 2.26. The predicted molar refractivity (Wildman–Crippen MR) is 80.4 cm³/mol. The number of benzene rings is 1. The summed E-state index contributed by atoms with van der Waals surface area (Å²) in [5.41, 5.74) is 4.70. The maximum absolute atomic E-state index is 3.46. The molecule has 19 heavy (non-hydrogen) atoms. The average molecular weight is 258 g/mol. The van der Waals surface area contributed by atoms with Crippen molar-refractivity contribution in [2.24, 2.45) is 5.92 Å². The van der Waals surface area contributed by atoms with E-state index in [-0.39, 0.29) is 0 Å². The van der Waals surface area contributed by atoms with E-state index in [1.54, 1.807) is 11.1 Å². The van der Waals surface area contributed by atoms with Crippen LogP contribution in [0.5, 0.6) is 0 Å². The van der Waals surface area contributed by atoms with Gasteiger partial charge in [-0.1, -0.05) is 18.2 Å². The summed E-state index contributed by atoms with van der Waals surface area (Å²) in [6.07, 6.45) is 6.67. The third-order valence-corrected chi connectivity index (χ3v) is 4.60. The molecule has 1 aliphatic carbocycles. The van der Waals surface area contributed by atoms with Crippen molar-refractivity contribution in [1.29, 1.82) is 0 Å². The Morgan fingerprint density at radius 3 is 2.84 bits per heavy atom. The predicted octanol–water partition coefficient (Wildman–Crippen LogP) is 2.61. The molecule has 3 rings (SSSR count). The molecule has 1 heterocycles. The van der Waals surface area contributed by atoms with Crippen LogP contribution in [0, 0.1) is 5.92 Å². The first-order chi connectivity index (χ1) is 9.31. The highest BCUT2D eigenvalue weighted by Gasteiger charge is 2.16. The van der Waals surface area contributed by atoms with Gasteiger partial charge >= 0.3 is 0 Å². The van der Waals surface area contributed by atoms with Crippen LogP contribution >= 0.6 is 0 Å². The molecule has 0 amide bonds. The summed E-state index contributed by atoms with van der Waals surface area (Å²) in [6, 6.07) is 7.17. The van der Waals surface area contributed by atoms with E-state index >= 15 is 0 Å². The zero-order valence-electron chi connectivity index (χ0n) is 12.1. The molecule has 1 atom stereocenters. The summed E-state index contributed by atoms with van der Waals surface area (Å²) >= 11 is 0. The van der Waals surface area contributed by atoms with Crippen molar-refractivity contribution < 1.29 is 0 Å². The molecular weight excluding hydrogens is 232 g/mol. The Morgan fingerprint density at radius 1 is 1.21 bits per heavy atom. The summed E-state index contributed by atoms with van der Waals surface area (Å²) in [6.45, 7) is 4.74. The van der Waals surface area contributed by atoms with Crippen LogP contribution in [0.4, 0.5) is 0 Å². The third-order valence-electron chi connectivity index (χ3n) is 4.60. The second kappa shape index (κ2) is 6.06. The van der Waals surface area contributed by atoms with Crippen LogP contribution in [-0.2, 0) is 19.4 Å². The quantitative estimate of drug-likeness (QED) is 0.893. The van der Waals surface area contributed by atoms with Gasteiger partial charge in [-0.25, -0.2) is 0 Å². The van der Waals surface area contributed by atoms with Gasteiger partial charge in [-0.3, -0.25) is 0 Å². The molecule has 0 aromatic heterocycles. The van der Waals surface area contributed by atoms with Crippen molar-refractivity contribution in [3.05, 3.63) is 34.9 Å². The minimum Gasteiger partial charge on any atom is -0.316 e. The van der Waals surface area contributed by atoms with Crippen molar-refractivity contribution in [3.8, 4) is 0 Å². The van der Waals surface area contributed by atoms with Gasteiger partial charge in [0.2, 0.25) is 0 Å². The fourth-order valence-corrected chi connectivity index (χ4v) is 3.57. The zero-order chi connectivity index (χ0) is 13.1. The van der Waals surface area contributed by atoms with Crippen LogP contribution in [0.2, 0.25) is 0 Å². The van der Waals surface area contributed by atoms with E-state index in [9.17, 15) is 0 Å². The van der Waals surface area contributed by atoms with Crippen molar-refractivity contribution in [3.63, 3.8) is 0 Å². The standard InChI is InChI=1S/C17H26N2/c1-19(13-15-8-9-18-11-15)12-14-6-7-16-4-2-3-5-17(16)10-14/h6-7,10,15,18H,2-5,8-9,11-13H2,1H3. The van der Waals surface area contributed by atoms with Crippen LogP contribution < -0.4 is 5.32 Å². The molecule has 0 radical (unpaired) electrons. The van der Waals surface area contributed by atoms with Crippen molar-refractivity contribution >= 4 is 0 Å². The highest BCUT2D eigenvalue weighted by atomic mass is 15.1. The summed E-state index contributed by atoms with van der Waals surface area (Å²) in [4.78, 5) is 2.49. The average Bonchev–Trinajstić information content (AvgIpc) is 2.91. The number of hydrogen-bond donors (Lipinski definition) is 1. The van der Waals surface area contributed by atoms with E-state index in [1.807, 2.05) is 0 Å². The van der Waals surface area contributed by atoms with E-state index in [1.165, 1.54) is 57.3 Å². The number of fused-ring (bicyclic) bond motifs is 1. The monoisotopic (exact) mass is 258 g/mol. The van der Waals surface area contributed by atoms with Gasteiger partial charge in [-0.15, -0.1) is 0 Å². The lowest BCUT2D eigenvalue weighted by Gasteiger charge is -2.22. The Morgan fingerprint density at radius 2 is 2.05 bits per heavy atom. The Hall–Kier alpha value is -0.860. The van der Waals surface area contributed by atoms with Crippen LogP contribution in [-0.4, -0.2) is 31.6 Å². The summed E-state index contributed by atoms with van der Waals surface area (Å²) in [5.74, 6) is 0.850. The molecule has 1 fully saturated rings. The van der Waals surface area contributed by atoms with Crippen molar-refractivity contribution in [2.75, 3.05) is 26.7 Å². The first-order valence-electron chi connectivity index (χ1n) is 7.81. The summed E-state index contributed by atoms with van der Waals surface area (Å²) < 4.78 is 0. The first-order valence-corrected chi connectivity index (χ1v) is 7.81. The molecule has 2 heteroatoms. The highest BCUT2D eigenvalue weighted by molar-refractivity contribution is 5.33. The number of nitrogens with one attached hydrogen (secondary N) is 1. The third kappa shape index (κ3) is 3.37. The molecule has 104 valence electrons. The van der Waals surface area contributed by atoms with Crippen LogP contribution in [0.1, 0.15) is 36.0 Å². The Bertz CT molecular complexity index is 421. The minimum atomic E-state index is 0.850. The molecule has 1 aromatic rings. The molecule has 0 spiro atoms. The Kier molecular flexibility index (Phi) is 4.19. The van der Waals surface area contributed by atoms with Gasteiger partial charge in [-0.2, -0.15) is 0 Å². The Labute approximate surface area is 117 Å². The lowest BCUT2D eigenvalue weighted by Crippen LogP contribution is -2.26. The van der Waals surface area contributed by atoms with Crippen molar-refractivity contribution in [2.45, 2.75) is 38.6 Å². The zero-order valence-corrected chi connectivity index (χ0v) is 12.1. The van der Waals surface area contributed by atoms with E-state index in [4.69, 9.17) is 0 Å². The van der Waals surface area contributed by atoms with Gasteiger partial charge in [0.25, 0.3) is 0 Å². The van der Waals surface area contributed by atoms with Gasteiger partial charge in [0.1, 0.15) is 0 Å². The van der Waals surface area contributed by atoms with Crippen LogP contribution in [0.25, 0.3) is 0 Å². The van der Waals surface area contributed by atoms with Gasteiger partial charge in [0, 0.05) is 13.1 Å². The molecule has 2 aliphatic rings.